The number of fused-ring (bicyclic) bond motifs is 3. The molecule has 2 aliphatic rings. The maximum Gasteiger partial charge on any atom is 0.226 e. The van der Waals surface area contributed by atoms with Gasteiger partial charge in [-0.15, -0.1) is 11.8 Å². The van der Waals surface area contributed by atoms with E-state index in [1.807, 2.05) is 29.8 Å². The highest BCUT2D eigenvalue weighted by Gasteiger charge is 2.40. The molecule has 130 valence electrons. The molecular formula is C21H29NOS. The molecule has 0 fully saturated rings. The molecule has 0 saturated heterocycles. The molecule has 1 aliphatic carbocycles. The van der Waals surface area contributed by atoms with Crippen LogP contribution in [0.1, 0.15) is 46.5 Å². The van der Waals surface area contributed by atoms with E-state index in [2.05, 4.69) is 45.0 Å². The van der Waals surface area contributed by atoms with Gasteiger partial charge in [0.05, 0.1) is 5.69 Å². The number of anilines is 1. The van der Waals surface area contributed by atoms with Gasteiger partial charge in [-0.05, 0) is 55.6 Å². The zero-order valence-corrected chi connectivity index (χ0v) is 16.2. The number of carbonyl (C=O) groups excluding carboxylic acids is 1. The molecule has 0 saturated carbocycles. The van der Waals surface area contributed by atoms with E-state index in [4.69, 9.17) is 0 Å². The number of allylic oxidation sites excluding steroid dienone is 2. The normalized spacial score (nSPS) is 27.6. The molecule has 3 heteroatoms. The lowest BCUT2D eigenvalue weighted by Gasteiger charge is -2.45. The van der Waals surface area contributed by atoms with Crippen LogP contribution in [0.25, 0.3) is 0 Å². The topological polar surface area (TPSA) is 20.3 Å². The molecular weight excluding hydrogens is 314 g/mol. The zero-order valence-electron chi connectivity index (χ0n) is 15.3. The average Bonchev–Trinajstić information content (AvgIpc) is 2.55. The Labute approximate surface area is 150 Å². The van der Waals surface area contributed by atoms with Gasteiger partial charge in [-0.2, -0.15) is 0 Å². The first-order chi connectivity index (χ1) is 11.4. The van der Waals surface area contributed by atoms with Crippen LogP contribution in [-0.2, 0) is 4.79 Å². The van der Waals surface area contributed by atoms with E-state index in [0.29, 0.717) is 23.7 Å². The minimum Gasteiger partial charge on any atom is -0.314 e. The third-order valence-electron chi connectivity index (χ3n) is 6.15. The van der Waals surface area contributed by atoms with Gasteiger partial charge in [0.1, 0.15) is 0 Å². The quantitative estimate of drug-likeness (QED) is 0.577. The Morgan fingerprint density at radius 3 is 2.79 bits per heavy atom. The van der Waals surface area contributed by atoms with Gasteiger partial charge in [-0.1, -0.05) is 37.6 Å². The van der Waals surface area contributed by atoms with Gasteiger partial charge in [0, 0.05) is 24.1 Å². The lowest BCUT2D eigenvalue weighted by molar-refractivity contribution is -0.118. The van der Waals surface area contributed by atoms with Crippen molar-refractivity contribution in [1.82, 2.24) is 0 Å². The van der Waals surface area contributed by atoms with Gasteiger partial charge in [0.2, 0.25) is 5.91 Å². The summed E-state index contributed by atoms with van der Waals surface area (Å²) >= 11 is 1.92. The van der Waals surface area contributed by atoms with Gasteiger partial charge < -0.3 is 4.90 Å². The summed E-state index contributed by atoms with van der Waals surface area (Å²) < 4.78 is 0. The second-order valence-electron chi connectivity index (χ2n) is 7.88. The highest BCUT2D eigenvalue weighted by Crippen LogP contribution is 2.49. The van der Waals surface area contributed by atoms with E-state index < -0.39 is 0 Å². The smallest absolute Gasteiger partial charge is 0.226 e. The Kier molecular flexibility index (Phi) is 5.10. The third kappa shape index (κ3) is 3.28. The summed E-state index contributed by atoms with van der Waals surface area (Å²) in [4.78, 5) is 15.7. The van der Waals surface area contributed by atoms with Crippen molar-refractivity contribution >= 4 is 23.4 Å². The Morgan fingerprint density at radius 2 is 2.00 bits per heavy atom. The van der Waals surface area contributed by atoms with Crippen LogP contribution in [0.3, 0.4) is 0 Å². The first kappa shape index (κ1) is 17.6. The van der Waals surface area contributed by atoms with Crippen LogP contribution < -0.4 is 4.90 Å². The molecule has 2 bridgehead atoms. The van der Waals surface area contributed by atoms with Crippen molar-refractivity contribution in [3.05, 3.63) is 35.9 Å². The number of hydrogen-bond donors (Lipinski definition) is 0. The molecule has 1 aromatic rings. The molecule has 1 amide bonds. The van der Waals surface area contributed by atoms with Crippen molar-refractivity contribution in [1.29, 1.82) is 0 Å². The van der Waals surface area contributed by atoms with Gasteiger partial charge in [-0.3, -0.25) is 4.79 Å². The number of thioether (sulfide) groups is 1. The van der Waals surface area contributed by atoms with Crippen LogP contribution in [0.4, 0.5) is 5.69 Å². The minimum atomic E-state index is 0.232. The van der Waals surface area contributed by atoms with E-state index in [1.54, 1.807) is 0 Å². The number of carbonyl (C=O) groups is 1. The van der Waals surface area contributed by atoms with Gasteiger partial charge >= 0.3 is 0 Å². The summed E-state index contributed by atoms with van der Waals surface area (Å²) in [6.07, 6.45) is 6.37. The second kappa shape index (κ2) is 6.95. The summed E-state index contributed by atoms with van der Waals surface area (Å²) in [5.74, 6) is 2.64. The summed E-state index contributed by atoms with van der Waals surface area (Å²) in [7, 11) is 1.92. The van der Waals surface area contributed by atoms with Gasteiger partial charge in [-0.25, -0.2) is 0 Å². The Hall–Kier alpha value is -1.22. The number of nitrogens with zero attached hydrogens (tertiary/aromatic N) is 1. The van der Waals surface area contributed by atoms with E-state index in [9.17, 15) is 4.79 Å². The molecule has 2 nitrogen and oxygen atoms in total. The van der Waals surface area contributed by atoms with Crippen LogP contribution in [0.5, 0.6) is 0 Å². The predicted octanol–water partition coefficient (Wildman–Crippen LogP) is 5.53. The lowest BCUT2D eigenvalue weighted by atomic mass is 9.61. The van der Waals surface area contributed by atoms with Crippen LogP contribution in [-0.4, -0.2) is 18.7 Å². The molecule has 1 heterocycles. The highest BCUT2D eigenvalue weighted by atomic mass is 32.2. The number of benzene rings is 1. The molecule has 0 spiro atoms. The van der Waals surface area contributed by atoms with Gasteiger partial charge in [0.25, 0.3) is 0 Å². The first-order valence-corrected chi connectivity index (χ1v) is 10.0. The summed E-state index contributed by atoms with van der Waals surface area (Å²) in [5, 5.41) is 0. The third-order valence-corrected chi connectivity index (χ3v) is 7.37. The van der Waals surface area contributed by atoms with Crippen molar-refractivity contribution < 1.29 is 4.79 Å². The summed E-state index contributed by atoms with van der Waals surface area (Å²) in [6.45, 7) is 7.15. The SMILES string of the molecule is CC1=CC[C@H]2CSc3ccccc3N(C)C(=O)CCC[C@@H]1C2(C)C. The fourth-order valence-corrected chi connectivity index (χ4v) is 5.81. The maximum atomic E-state index is 12.6. The predicted molar refractivity (Wildman–Crippen MR) is 104 cm³/mol. The van der Waals surface area contributed by atoms with Crippen molar-refractivity contribution in [2.24, 2.45) is 17.3 Å². The number of amides is 1. The number of hydrogen-bond acceptors (Lipinski definition) is 2. The largest absolute Gasteiger partial charge is 0.314 e. The van der Waals surface area contributed by atoms with Crippen molar-refractivity contribution in [2.75, 3.05) is 17.7 Å². The van der Waals surface area contributed by atoms with Crippen molar-refractivity contribution in [3.63, 3.8) is 0 Å². The minimum absolute atomic E-state index is 0.232. The number of para-hydroxylation sites is 1. The van der Waals surface area contributed by atoms with Crippen LogP contribution in [0, 0.1) is 17.3 Å². The molecule has 0 unspecified atom stereocenters. The average molecular weight is 344 g/mol. The standard InChI is InChI=1S/C21H29NOS/c1-15-12-13-16-14-24-19-10-6-5-9-18(19)22(4)20(23)11-7-8-17(15)21(16,2)3/h5-6,9-10,12,16-17H,7-8,11,13-14H2,1-4H3/t16-,17-/m0/s1. The Bertz CT molecular complexity index is 649. The lowest BCUT2D eigenvalue weighted by Crippen LogP contribution is -2.38. The fourth-order valence-electron chi connectivity index (χ4n) is 4.33. The monoisotopic (exact) mass is 343 g/mol. The van der Waals surface area contributed by atoms with E-state index in [-0.39, 0.29) is 5.91 Å². The molecule has 2 atom stereocenters. The second-order valence-corrected chi connectivity index (χ2v) is 8.94. The Balaban J connectivity index is 1.95. The molecule has 1 aromatic carbocycles. The Morgan fingerprint density at radius 1 is 1.25 bits per heavy atom. The maximum absolute atomic E-state index is 12.6. The molecule has 0 aromatic heterocycles. The summed E-state index contributed by atoms with van der Waals surface area (Å²) in [5.41, 5.74) is 2.89. The molecule has 3 rings (SSSR count). The zero-order chi connectivity index (χ0) is 17.3. The molecule has 1 aliphatic heterocycles. The van der Waals surface area contributed by atoms with Crippen LogP contribution >= 0.6 is 11.8 Å². The highest BCUT2D eigenvalue weighted by molar-refractivity contribution is 7.99. The summed E-state index contributed by atoms with van der Waals surface area (Å²) in [6, 6.07) is 8.34. The fraction of sp³-hybridized carbons (Fsp3) is 0.571. The number of rotatable bonds is 0. The molecule has 24 heavy (non-hydrogen) atoms. The van der Waals surface area contributed by atoms with E-state index in [1.165, 1.54) is 16.9 Å². The van der Waals surface area contributed by atoms with Crippen LogP contribution in [0.2, 0.25) is 0 Å². The molecule has 0 radical (unpaired) electrons. The van der Waals surface area contributed by atoms with Crippen molar-refractivity contribution in [2.45, 2.75) is 51.3 Å². The molecule has 0 N–H and O–H groups in total. The van der Waals surface area contributed by atoms with E-state index in [0.717, 1.165) is 24.3 Å². The van der Waals surface area contributed by atoms with E-state index >= 15 is 0 Å². The van der Waals surface area contributed by atoms with Gasteiger partial charge in [0.15, 0.2) is 0 Å². The van der Waals surface area contributed by atoms with Crippen molar-refractivity contribution in [3.8, 4) is 0 Å². The van der Waals surface area contributed by atoms with Crippen LogP contribution in [0.15, 0.2) is 40.8 Å². The first-order valence-electron chi connectivity index (χ1n) is 9.06.